The van der Waals surface area contributed by atoms with Gasteiger partial charge in [0.1, 0.15) is 0 Å². The minimum absolute atomic E-state index is 0.0903. The number of methoxy groups -OCH3 is 1. The van der Waals surface area contributed by atoms with Gasteiger partial charge in [-0.05, 0) is 51.0 Å². The molecular weight excluding hydrogens is 388 g/mol. The van der Waals surface area contributed by atoms with Gasteiger partial charge >= 0.3 is 5.97 Å². The summed E-state index contributed by atoms with van der Waals surface area (Å²) in [7, 11) is 3.47. The molecular formula is C19H22N8O3. The van der Waals surface area contributed by atoms with E-state index in [-0.39, 0.29) is 17.8 Å². The predicted molar refractivity (Wildman–Crippen MR) is 107 cm³/mol. The molecule has 30 heavy (non-hydrogen) atoms. The highest BCUT2D eigenvalue weighted by Gasteiger charge is 2.35. The summed E-state index contributed by atoms with van der Waals surface area (Å²) in [5.74, 6) is 0.822. The second-order valence-electron chi connectivity index (χ2n) is 7.55. The van der Waals surface area contributed by atoms with Crippen LogP contribution in [0.3, 0.4) is 0 Å². The van der Waals surface area contributed by atoms with E-state index in [1.807, 2.05) is 0 Å². The fourth-order valence-corrected chi connectivity index (χ4v) is 4.10. The molecule has 4 aromatic rings. The van der Waals surface area contributed by atoms with Crippen LogP contribution in [-0.4, -0.2) is 67.5 Å². The summed E-state index contributed by atoms with van der Waals surface area (Å²) in [4.78, 5) is 24.1. The topological polar surface area (TPSA) is 130 Å². The molecule has 156 valence electrons. The van der Waals surface area contributed by atoms with E-state index in [2.05, 4.69) is 32.1 Å². The van der Waals surface area contributed by atoms with Crippen LogP contribution >= 0.6 is 0 Å². The zero-order valence-corrected chi connectivity index (χ0v) is 16.7. The quantitative estimate of drug-likeness (QED) is 0.496. The van der Waals surface area contributed by atoms with Crippen molar-refractivity contribution in [2.75, 3.05) is 33.0 Å². The molecule has 5 rings (SSSR count). The molecule has 0 saturated carbocycles. The molecule has 4 aromatic heterocycles. The average molecular weight is 410 g/mol. The Balaban J connectivity index is 1.64. The summed E-state index contributed by atoms with van der Waals surface area (Å²) in [6.07, 6.45) is 4.92. The van der Waals surface area contributed by atoms with Gasteiger partial charge in [-0.25, -0.2) is 14.5 Å². The van der Waals surface area contributed by atoms with Crippen molar-refractivity contribution in [1.82, 2.24) is 34.3 Å². The van der Waals surface area contributed by atoms with E-state index in [1.54, 1.807) is 29.3 Å². The summed E-state index contributed by atoms with van der Waals surface area (Å²) in [6, 6.07) is 2.95. The van der Waals surface area contributed by atoms with Crippen molar-refractivity contribution in [1.29, 1.82) is 0 Å². The number of hydrogen-bond acceptors (Lipinski definition) is 9. The summed E-state index contributed by atoms with van der Waals surface area (Å²) < 4.78 is 13.6. The number of carbonyl (C=O) groups is 1. The number of anilines is 1. The van der Waals surface area contributed by atoms with Crippen molar-refractivity contribution in [2.45, 2.75) is 18.9 Å². The Kier molecular flexibility index (Phi) is 4.39. The lowest BCUT2D eigenvalue weighted by molar-refractivity contribution is -0.147. The number of esters is 1. The summed E-state index contributed by atoms with van der Waals surface area (Å²) in [5.41, 5.74) is 7.16. The minimum atomic E-state index is -0.581. The number of nitrogens with zero attached hydrogens (tertiary/aromatic N) is 7. The highest BCUT2D eigenvalue weighted by molar-refractivity contribution is 5.91. The van der Waals surface area contributed by atoms with Crippen molar-refractivity contribution < 1.29 is 13.9 Å². The number of rotatable bonds is 4. The molecule has 1 unspecified atom stereocenters. The third kappa shape index (κ3) is 2.89. The molecule has 0 radical (unpaired) electrons. The monoisotopic (exact) mass is 410 g/mol. The van der Waals surface area contributed by atoms with Gasteiger partial charge in [-0.1, -0.05) is 0 Å². The van der Waals surface area contributed by atoms with Crippen LogP contribution in [0.25, 0.3) is 28.3 Å². The van der Waals surface area contributed by atoms with Crippen LogP contribution in [-0.2, 0) is 9.53 Å². The molecule has 0 spiro atoms. The number of furan rings is 1. The van der Waals surface area contributed by atoms with Gasteiger partial charge in [-0.3, -0.25) is 0 Å². The lowest BCUT2D eigenvalue weighted by Gasteiger charge is -2.33. The third-order valence-corrected chi connectivity index (χ3v) is 5.71. The third-order valence-electron chi connectivity index (χ3n) is 5.71. The Bertz CT molecular complexity index is 1200. The van der Waals surface area contributed by atoms with E-state index in [0.717, 1.165) is 25.9 Å². The van der Waals surface area contributed by atoms with Gasteiger partial charge in [-0.2, -0.15) is 14.6 Å². The van der Waals surface area contributed by atoms with Crippen LogP contribution in [0.2, 0.25) is 0 Å². The number of aromatic nitrogens is 6. The van der Waals surface area contributed by atoms with Crippen molar-refractivity contribution >= 4 is 28.6 Å². The number of ether oxygens (including phenoxy) is 1. The van der Waals surface area contributed by atoms with Gasteiger partial charge in [0.25, 0.3) is 0 Å². The van der Waals surface area contributed by atoms with Gasteiger partial charge in [-0.15, -0.1) is 5.10 Å². The Morgan fingerprint density at radius 3 is 2.80 bits per heavy atom. The molecule has 5 heterocycles. The minimum Gasteiger partial charge on any atom is -0.467 e. The molecule has 0 aromatic carbocycles. The zero-order chi connectivity index (χ0) is 20.8. The normalized spacial score (nSPS) is 17.0. The van der Waals surface area contributed by atoms with Crippen molar-refractivity contribution in [3.63, 3.8) is 0 Å². The molecule has 1 aliphatic heterocycles. The van der Waals surface area contributed by atoms with Crippen LogP contribution in [0, 0.1) is 5.92 Å². The highest BCUT2D eigenvalue weighted by atomic mass is 16.5. The SMILES string of the molecule is COC(=O)C(C1CCN(C)CC1)n1ncc2c1nc(N)n1nc(-c3ccco3)nc21. The van der Waals surface area contributed by atoms with Crippen molar-refractivity contribution in [2.24, 2.45) is 5.92 Å². The molecule has 11 heteroatoms. The molecule has 2 N–H and O–H groups in total. The van der Waals surface area contributed by atoms with Crippen LogP contribution in [0.5, 0.6) is 0 Å². The first kappa shape index (κ1) is 18.6. The summed E-state index contributed by atoms with van der Waals surface area (Å²) >= 11 is 0. The van der Waals surface area contributed by atoms with Crippen LogP contribution in [0.1, 0.15) is 18.9 Å². The maximum atomic E-state index is 12.7. The Labute approximate surface area is 171 Å². The van der Waals surface area contributed by atoms with Crippen LogP contribution in [0.15, 0.2) is 29.0 Å². The van der Waals surface area contributed by atoms with Crippen LogP contribution < -0.4 is 5.73 Å². The maximum absolute atomic E-state index is 12.7. The van der Waals surface area contributed by atoms with Gasteiger partial charge in [0.05, 0.1) is 25.0 Å². The number of fused-ring (bicyclic) bond motifs is 3. The second kappa shape index (κ2) is 7.10. The first-order chi connectivity index (χ1) is 14.6. The van der Waals surface area contributed by atoms with Gasteiger partial charge in [0.2, 0.25) is 11.8 Å². The average Bonchev–Trinajstić information content (AvgIpc) is 3.49. The molecule has 1 aliphatic rings. The number of nitrogen functional groups attached to an aromatic ring is 1. The fraction of sp³-hybridized carbons (Fsp3) is 0.421. The smallest absolute Gasteiger partial charge is 0.331 e. The van der Waals surface area contributed by atoms with E-state index in [9.17, 15) is 4.79 Å². The van der Waals surface area contributed by atoms with E-state index in [4.69, 9.17) is 14.9 Å². The first-order valence-electron chi connectivity index (χ1n) is 9.76. The fourth-order valence-electron chi connectivity index (χ4n) is 4.10. The van der Waals surface area contributed by atoms with Crippen molar-refractivity contribution in [3.05, 3.63) is 24.6 Å². The highest BCUT2D eigenvalue weighted by Crippen LogP contribution is 2.32. The maximum Gasteiger partial charge on any atom is 0.331 e. The lowest BCUT2D eigenvalue weighted by Crippen LogP contribution is -2.38. The number of hydrogen-bond donors (Lipinski definition) is 1. The number of carbonyl (C=O) groups excluding carboxylic acids is 1. The largest absolute Gasteiger partial charge is 0.467 e. The van der Waals surface area contributed by atoms with E-state index in [0.29, 0.717) is 28.3 Å². The standard InChI is InChI=1S/C19H22N8O3/c1-25-7-5-11(6-8-25)14(18(28)29-2)26-17-12(10-21-26)16-22-15(13-4-3-9-30-13)24-27(16)19(20)23-17/h3-4,9-11,14H,5-8H2,1-2H3,(H2,20,23). The Morgan fingerprint density at radius 2 is 2.10 bits per heavy atom. The first-order valence-corrected chi connectivity index (χ1v) is 9.76. The number of nitrogens with two attached hydrogens (primary N) is 1. The molecule has 1 saturated heterocycles. The predicted octanol–water partition coefficient (Wildman–Crippen LogP) is 1.37. The van der Waals surface area contributed by atoms with E-state index < -0.39 is 6.04 Å². The number of likely N-dealkylation sites (tertiary alicyclic amines) is 1. The Hall–Kier alpha value is -3.47. The number of piperidine rings is 1. The van der Waals surface area contributed by atoms with E-state index >= 15 is 0 Å². The molecule has 1 atom stereocenters. The summed E-state index contributed by atoms with van der Waals surface area (Å²) in [6.45, 7) is 1.82. The van der Waals surface area contributed by atoms with Gasteiger partial charge in [0.15, 0.2) is 23.1 Å². The summed E-state index contributed by atoms with van der Waals surface area (Å²) in [5, 5.41) is 9.55. The molecule has 0 aliphatic carbocycles. The Morgan fingerprint density at radius 1 is 1.30 bits per heavy atom. The molecule has 0 amide bonds. The molecule has 1 fully saturated rings. The lowest BCUT2D eigenvalue weighted by atomic mass is 9.89. The van der Waals surface area contributed by atoms with E-state index in [1.165, 1.54) is 11.6 Å². The van der Waals surface area contributed by atoms with Gasteiger partial charge in [0, 0.05) is 0 Å². The van der Waals surface area contributed by atoms with Gasteiger partial charge < -0.3 is 19.8 Å². The molecule has 11 nitrogen and oxygen atoms in total. The van der Waals surface area contributed by atoms with Crippen LogP contribution in [0.4, 0.5) is 5.95 Å². The molecule has 0 bridgehead atoms. The second-order valence-corrected chi connectivity index (χ2v) is 7.55. The zero-order valence-electron chi connectivity index (χ0n) is 16.7. The van der Waals surface area contributed by atoms with Crippen molar-refractivity contribution in [3.8, 4) is 11.6 Å².